The highest BCUT2D eigenvalue weighted by atomic mass is 127. The molecule has 0 radical (unpaired) electrons. The smallest absolute Gasteiger partial charge is 0.224 e. The number of carbonyl (C=O) groups excluding carboxylic acids is 1. The highest BCUT2D eigenvalue weighted by Gasteiger charge is 2.18. The lowest BCUT2D eigenvalue weighted by Gasteiger charge is -2.15. The van der Waals surface area contributed by atoms with Gasteiger partial charge in [0.1, 0.15) is 5.82 Å². The van der Waals surface area contributed by atoms with Crippen molar-refractivity contribution in [3.05, 3.63) is 26.3 Å². The maximum absolute atomic E-state index is 13.7. The van der Waals surface area contributed by atoms with Gasteiger partial charge in [-0.1, -0.05) is 0 Å². The molecule has 1 aromatic carbocycles. The van der Waals surface area contributed by atoms with Crippen molar-refractivity contribution in [1.29, 1.82) is 0 Å². The number of aromatic nitrogens is 2. The first-order chi connectivity index (χ1) is 10.1. The second-order valence-electron chi connectivity index (χ2n) is 5.20. The second-order valence-corrected chi connectivity index (χ2v) is 6.75. The van der Waals surface area contributed by atoms with E-state index in [1.807, 2.05) is 27.5 Å². The first kappa shape index (κ1) is 15.0. The van der Waals surface area contributed by atoms with E-state index in [4.69, 9.17) is 12.2 Å². The van der Waals surface area contributed by atoms with Crippen LogP contribution in [0.25, 0.3) is 11.0 Å². The molecule has 1 fully saturated rings. The molecule has 112 valence electrons. The van der Waals surface area contributed by atoms with Crippen LogP contribution in [0.3, 0.4) is 0 Å². The lowest BCUT2D eigenvalue weighted by atomic mass is 10.3. The number of H-pyrrole nitrogens is 1. The van der Waals surface area contributed by atoms with Gasteiger partial charge in [0.05, 0.1) is 14.6 Å². The average molecular weight is 419 g/mol. The van der Waals surface area contributed by atoms with Gasteiger partial charge in [-0.3, -0.25) is 4.79 Å². The van der Waals surface area contributed by atoms with Crippen molar-refractivity contribution in [1.82, 2.24) is 14.5 Å². The fourth-order valence-electron chi connectivity index (χ4n) is 2.71. The number of halogens is 2. The number of imidazole rings is 1. The van der Waals surface area contributed by atoms with Crippen LogP contribution in [-0.4, -0.2) is 33.4 Å². The summed E-state index contributed by atoms with van der Waals surface area (Å²) in [7, 11) is 0. The first-order valence-electron chi connectivity index (χ1n) is 6.91. The van der Waals surface area contributed by atoms with Crippen molar-refractivity contribution >= 4 is 51.7 Å². The Morgan fingerprint density at radius 3 is 2.81 bits per heavy atom. The molecule has 2 heterocycles. The average Bonchev–Trinajstić information content (AvgIpc) is 3.06. The van der Waals surface area contributed by atoms with E-state index in [-0.39, 0.29) is 11.7 Å². The Kier molecular flexibility index (Phi) is 4.30. The molecule has 0 atom stereocenters. The van der Waals surface area contributed by atoms with Crippen LogP contribution in [0.2, 0.25) is 0 Å². The number of aryl methyl sites for hydroxylation is 1. The van der Waals surface area contributed by atoms with Crippen LogP contribution >= 0.6 is 34.8 Å². The largest absolute Gasteiger partial charge is 0.343 e. The van der Waals surface area contributed by atoms with Gasteiger partial charge in [-0.2, -0.15) is 0 Å². The molecule has 0 aliphatic carbocycles. The highest BCUT2D eigenvalue weighted by Crippen LogP contribution is 2.21. The summed E-state index contributed by atoms with van der Waals surface area (Å²) >= 11 is 7.24. The molecular formula is C14H15FIN3OS. The van der Waals surface area contributed by atoms with E-state index in [0.717, 1.165) is 31.4 Å². The second kappa shape index (κ2) is 6.04. The number of carbonyl (C=O) groups is 1. The van der Waals surface area contributed by atoms with E-state index < -0.39 is 0 Å². The van der Waals surface area contributed by atoms with Gasteiger partial charge in [-0.05, 0) is 53.7 Å². The van der Waals surface area contributed by atoms with Gasteiger partial charge in [-0.25, -0.2) is 4.39 Å². The van der Waals surface area contributed by atoms with Gasteiger partial charge in [-0.15, -0.1) is 0 Å². The Labute approximate surface area is 140 Å². The van der Waals surface area contributed by atoms with Crippen LogP contribution in [0.1, 0.15) is 19.3 Å². The molecule has 1 aliphatic rings. The van der Waals surface area contributed by atoms with Crippen molar-refractivity contribution in [2.75, 3.05) is 13.1 Å². The van der Waals surface area contributed by atoms with E-state index in [0.29, 0.717) is 26.8 Å². The Balaban J connectivity index is 1.83. The summed E-state index contributed by atoms with van der Waals surface area (Å²) < 4.78 is 16.6. The monoisotopic (exact) mass is 419 g/mol. The lowest BCUT2D eigenvalue weighted by molar-refractivity contribution is -0.130. The lowest BCUT2D eigenvalue weighted by Crippen LogP contribution is -2.28. The van der Waals surface area contributed by atoms with E-state index in [1.165, 1.54) is 6.07 Å². The van der Waals surface area contributed by atoms with Gasteiger partial charge >= 0.3 is 0 Å². The molecule has 1 amide bonds. The van der Waals surface area contributed by atoms with Crippen LogP contribution in [0.5, 0.6) is 0 Å². The van der Waals surface area contributed by atoms with E-state index in [2.05, 4.69) is 4.98 Å². The van der Waals surface area contributed by atoms with E-state index in [9.17, 15) is 9.18 Å². The van der Waals surface area contributed by atoms with Gasteiger partial charge in [0.25, 0.3) is 0 Å². The summed E-state index contributed by atoms with van der Waals surface area (Å²) in [4.78, 5) is 17.1. The Hall–Kier alpha value is -0.960. The number of fused-ring (bicyclic) bond motifs is 1. The molecule has 0 unspecified atom stereocenters. The minimum absolute atomic E-state index is 0.148. The molecule has 0 bridgehead atoms. The zero-order chi connectivity index (χ0) is 15.0. The third-order valence-corrected chi connectivity index (χ3v) is 4.97. The maximum Gasteiger partial charge on any atom is 0.224 e. The number of likely N-dealkylation sites (tertiary alicyclic amines) is 1. The number of nitrogens with zero attached hydrogens (tertiary/aromatic N) is 2. The Bertz CT molecular complexity index is 748. The van der Waals surface area contributed by atoms with Crippen LogP contribution in [0, 0.1) is 14.2 Å². The van der Waals surface area contributed by atoms with Gasteiger partial charge in [0.2, 0.25) is 5.91 Å². The molecule has 3 rings (SSSR count). The predicted molar refractivity (Wildman–Crippen MR) is 90.2 cm³/mol. The normalized spacial score (nSPS) is 15.0. The number of aromatic amines is 1. The number of benzene rings is 1. The summed E-state index contributed by atoms with van der Waals surface area (Å²) in [5.74, 6) is -0.119. The van der Waals surface area contributed by atoms with Crippen molar-refractivity contribution in [3.8, 4) is 0 Å². The van der Waals surface area contributed by atoms with Crippen molar-refractivity contribution in [3.63, 3.8) is 0 Å². The standard InChI is InChI=1S/C14H15FIN3OS/c15-9-7-12-11(8-10(9)16)17-14(21)19(12)6-3-13(20)18-4-1-2-5-18/h7-8H,1-6H2,(H,17,21). The number of amides is 1. The molecule has 1 saturated heterocycles. The number of hydrogen-bond acceptors (Lipinski definition) is 2. The van der Waals surface area contributed by atoms with Crippen LogP contribution in [-0.2, 0) is 11.3 Å². The third kappa shape index (κ3) is 2.98. The Morgan fingerprint density at radius 1 is 1.38 bits per heavy atom. The summed E-state index contributed by atoms with van der Waals surface area (Å²) in [5.41, 5.74) is 1.52. The van der Waals surface area contributed by atoms with Gasteiger partial charge < -0.3 is 14.5 Å². The van der Waals surface area contributed by atoms with Crippen molar-refractivity contribution < 1.29 is 9.18 Å². The molecule has 21 heavy (non-hydrogen) atoms. The van der Waals surface area contributed by atoms with E-state index in [1.54, 1.807) is 10.6 Å². The van der Waals surface area contributed by atoms with Crippen molar-refractivity contribution in [2.24, 2.45) is 0 Å². The molecule has 0 saturated carbocycles. The predicted octanol–water partition coefficient (Wildman–Crippen LogP) is 3.46. The molecule has 2 aromatic rings. The molecule has 7 heteroatoms. The van der Waals surface area contributed by atoms with Crippen molar-refractivity contribution in [2.45, 2.75) is 25.8 Å². The summed E-state index contributed by atoms with van der Waals surface area (Å²) in [6.07, 6.45) is 2.57. The summed E-state index contributed by atoms with van der Waals surface area (Å²) in [5, 5.41) is 0. The molecule has 1 aliphatic heterocycles. The fourth-order valence-corrected chi connectivity index (χ4v) is 3.47. The number of rotatable bonds is 3. The molecule has 0 spiro atoms. The van der Waals surface area contributed by atoms with Crippen LogP contribution < -0.4 is 0 Å². The summed E-state index contributed by atoms with van der Waals surface area (Å²) in [6.45, 7) is 2.18. The first-order valence-corrected chi connectivity index (χ1v) is 8.40. The minimum atomic E-state index is -0.267. The highest BCUT2D eigenvalue weighted by molar-refractivity contribution is 14.1. The zero-order valence-corrected chi connectivity index (χ0v) is 14.3. The van der Waals surface area contributed by atoms with Gasteiger partial charge in [0.15, 0.2) is 4.77 Å². The molecule has 4 nitrogen and oxygen atoms in total. The maximum atomic E-state index is 13.7. The fraction of sp³-hybridized carbons (Fsp3) is 0.429. The molecule has 1 aromatic heterocycles. The topological polar surface area (TPSA) is 41.0 Å². The van der Waals surface area contributed by atoms with Gasteiger partial charge in [0, 0.05) is 32.1 Å². The number of hydrogen-bond donors (Lipinski definition) is 1. The van der Waals surface area contributed by atoms with E-state index >= 15 is 0 Å². The summed E-state index contributed by atoms with van der Waals surface area (Å²) in [6, 6.07) is 3.21. The molecular weight excluding hydrogens is 404 g/mol. The molecule has 1 N–H and O–H groups in total. The number of nitrogens with one attached hydrogen (secondary N) is 1. The Morgan fingerprint density at radius 2 is 2.10 bits per heavy atom. The quantitative estimate of drug-likeness (QED) is 0.612. The SMILES string of the molecule is O=C(CCn1c(=S)[nH]c2cc(I)c(F)cc21)N1CCCC1. The van der Waals surface area contributed by atoms with Crippen LogP contribution in [0.15, 0.2) is 12.1 Å². The minimum Gasteiger partial charge on any atom is -0.343 e. The third-order valence-electron chi connectivity index (χ3n) is 3.82. The van der Waals surface area contributed by atoms with Crippen LogP contribution in [0.4, 0.5) is 4.39 Å². The zero-order valence-electron chi connectivity index (χ0n) is 11.4.